The molecule has 0 bridgehead atoms. The van der Waals surface area contributed by atoms with Gasteiger partial charge in [0.05, 0.1) is 0 Å². The van der Waals surface area contributed by atoms with Crippen LogP contribution >= 0.6 is 0 Å². The molecule has 0 aliphatic carbocycles. The molecule has 34 heavy (non-hydrogen) atoms. The monoisotopic (exact) mass is 480 g/mol. The van der Waals surface area contributed by atoms with E-state index in [0.29, 0.717) is 17.3 Å². The fraction of sp³-hybridized carbons (Fsp3) is 0.440. The number of pyridine rings is 1. The van der Waals surface area contributed by atoms with Gasteiger partial charge in [-0.25, -0.2) is 13.8 Å². The first kappa shape index (κ1) is 27.1. The number of benzene rings is 1. The second kappa shape index (κ2) is 11.9. The molecule has 3 N–H and O–H groups in total. The van der Waals surface area contributed by atoms with Gasteiger partial charge in [-0.1, -0.05) is 38.8 Å². The van der Waals surface area contributed by atoms with E-state index in [-0.39, 0.29) is 16.8 Å². The van der Waals surface area contributed by atoms with E-state index in [1.54, 1.807) is 17.4 Å². The summed E-state index contributed by atoms with van der Waals surface area (Å²) in [5, 5.41) is 3.47. The van der Waals surface area contributed by atoms with Gasteiger partial charge in [0.2, 0.25) is 5.91 Å². The lowest BCUT2D eigenvalue weighted by molar-refractivity contribution is 0.0133. The molecular formula is C25H32F4N4O. The molecule has 9 heteroatoms. The Labute approximate surface area is 197 Å². The molecule has 5 nitrogen and oxygen atoms in total. The Kier molecular flexibility index (Phi) is 9.46. The van der Waals surface area contributed by atoms with Gasteiger partial charge in [-0.15, -0.1) is 0 Å². The summed E-state index contributed by atoms with van der Waals surface area (Å²) in [4.78, 5) is 14.8. The maximum Gasteiger partial charge on any atom is 0.288 e. The number of hydrogen-bond donors (Lipinski definition) is 2. The van der Waals surface area contributed by atoms with Crippen LogP contribution in [0.3, 0.4) is 0 Å². The van der Waals surface area contributed by atoms with E-state index in [0.717, 1.165) is 38.4 Å². The molecular weight excluding hydrogens is 448 g/mol. The minimum Gasteiger partial charge on any atom is -0.368 e. The Bertz CT molecular complexity index is 1090. The lowest BCUT2D eigenvalue weighted by Crippen LogP contribution is -2.20. The summed E-state index contributed by atoms with van der Waals surface area (Å²) in [6, 6.07) is 9.65. The van der Waals surface area contributed by atoms with Crippen LogP contribution in [0.1, 0.15) is 80.1 Å². The molecule has 0 saturated heterocycles. The van der Waals surface area contributed by atoms with Crippen molar-refractivity contribution in [1.82, 2.24) is 9.38 Å². The number of carbonyl (C=O) groups excluding carboxylic acids is 1. The number of imidazole rings is 1. The van der Waals surface area contributed by atoms with Gasteiger partial charge < -0.3 is 11.1 Å². The van der Waals surface area contributed by atoms with E-state index in [1.165, 1.54) is 24.4 Å². The fourth-order valence-electron chi connectivity index (χ4n) is 3.63. The van der Waals surface area contributed by atoms with Crippen LogP contribution in [-0.4, -0.2) is 21.3 Å². The molecule has 0 saturated carbocycles. The average molecular weight is 481 g/mol. The van der Waals surface area contributed by atoms with Crippen molar-refractivity contribution in [2.24, 2.45) is 5.73 Å². The van der Waals surface area contributed by atoms with E-state index in [4.69, 9.17) is 5.73 Å². The van der Waals surface area contributed by atoms with Crippen LogP contribution in [0.5, 0.6) is 0 Å². The molecule has 0 aliphatic heterocycles. The molecule has 0 fully saturated rings. The number of amides is 1. The number of nitrogens with two attached hydrogens (primary N) is 1. The number of primary amides is 1. The number of anilines is 1. The molecule has 3 aromatic rings. The van der Waals surface area contributed by atoms with Gasteiger partial charge in [0.25, 0.3) is 12.3 Å². The van der Waals surface area contributed by atoms with Crippen molar-refractivity contribution in [3.8, 4) is 0 Å². The molecule has 3 rings (SSSR count). The van der Waals surface area contributed by atoms with Gasteiger partial charge in [0.15, 0.2) is 0 Å². The summed E-state index contributed by atoms with van der Waals surface area (Å²) in [6.07, 6.45) is 3.23. The summed E-state index contributed by atoms with van der Waals surface area (Å²) < 4.78 is 52.9. The van der Waals surface area contributed by atoms with E-state index >= 15 is 0 Å². The normalized spacial score (nSPS) is 11.6. The van der Waals surface area contributed by atoms with Crippen molar-refractivity contribution in [3.63, 3.8) is 0 Å². The van der Waals surface area contributed by atoms with E-state index in [2.05, 4.69) is 24.1 Å². The van der Waals surface area contributed by atoms with Gasteiger partial charge >= 0.3 is 0 Å². The van der Waals surface area contributed by atoms with Crippen molar-refractivity contribution in [2.75, 3.05) is 5.32 Å². The third-order valence-corrected chi connectivity index (χ3v) is 5.34. The van der Waals surface area contributed by atoms with Gasteiger partial charge in [-0.3, -0.25) is 9.20 Å². The average Bonchev–Trinajstić information content (AvgIpc) is 3.20. The minimum atomic E-state index is -2.92. The van der Waals surface area contributed by atoms with Crippen molar-refractivity contribution in [1.29, 1.82) is 0 Å². The first-order valence-electron chi connectivity index (χ1n) is 11.3. The van der Waals surface area contributed by atoms with E-state index in [9.17, 15) is 22.4 Å². The first-order chi connectivity index (χ1) is 16.0. The zero-order valence-corrected chi connectivity index (χ0v) is 19.9. The number of fused-ring (bicyclic) bond motifs is 1. The number of aromatic nitrogens is 2. The van der Waals surface area contributed by atoms with Crippen LogP contribution in [0.4, 0.5) is 23.4 Å². The summed E-state index contributed by atoms with van der Waals surface area (Å²) in [5.74, 6) is -2.70. The van der Waals surface area contributed by atoms with Crippen molar-refractivity contribution < 1.29 is 22.4 Å². The number of aryl methyl sites for hydroxylation is 1. The predicted octanol–water partition coefficient (Wildman–Crippen LogP) is 6.86. The Morgan fingerprint density at radius 1 is 1.15 bits per heavy atom. The second-order valence-corrected chi connectivity index (χ2v) is 8.31. The van der Waals surface area contributed by atoms with Crippen LogP contribution in [-0.2, 0) is 5.92 Å². The number of halogens is 4. The van der Waals surface area contributed by atoms with Gasteiger partial charge in [-0.2, -0.15) is 8.78 Å². The maximum atomic E-state index is 13.4. The third kappa shape index (κ3) is 7.20. The molecule has 0 spiro atoms. The SMILES string of the molecule is CCCC(CCC)Nc1cccc2nc(C(C)(F)F)cn12.Cc1cc(C(F)F)ccc1C(N)=O. The van der Waals surface area contributed by atoms with Gasteiger partial charge in [0.1, 0.15) is 17.2 Å². The molecule has 2 heterocycles. The largest absolute Gasteiger partial charge is 0.368 e. The molecule has 0 atom stereocenters. The molecule has 0 unspecified atom stereocenters. The van der Waals surface area contributed by atoms with E-state index < -0.39 is 18.3 Å². The standard InChI is InChI=1S/C16H23F2N3.C9H9F2NO/c1-4-7-12(8-5-2)19-14-9-6-10-15-20-13(11-21(14)15)16(3,17)18;1-5-4-6(8(10)11)2-3-7(5)9(12)13/h6,9-12,19H,4-5,7-8H2,1-3H3;2-4,8H,1H3,(H2,12,13). The lowest BCUT2D eigenvalue weighted by atomic mass is 10.1. The summed E-state index contributed by atoms with van der Waals surface area (Å²) in [6.45, 7) is 6.75. The summed E-state index contributed by atoms with van der Waals surface area (Å²) in [7, 11) is 0. The topological polar surface area (TPSA) is 72.4 Å². The zero-order chi connectivity index (χ0) is 25.5. The second-order valence-electron chi connectivity index (χ2n) is 8.31. The van der Waals surface area contributed by atoms with Crippen molar-refractivity contribution in [3.05, 3.63) is 65.0 Å². The van der Waals surface area contributed by atoms with E-state index in [1.807, 2.05) is 12.1 Å². The molecule has 1 aromatic carbocycles. The Morgan fingerprint density at radius 3 is 2.29 bits per heavy atom. The van der Waals surface area contributed by atoms with Gasteiger partial charge in [0, 0.05) is 30.3 Å². The summed E-state index contributed by atoms with van der Waals surface area (Å²) in [5.41, 5.74) is 6.03. The van der Waals surface area contributed by atoms with Crippen LogP contribution in [0.25, 0.3) is 5.65 Å². The number of nitrogens with one attached hydrogen (secondary N) is 1. The highest BCUT2D eigenvalue weighted by Gasteiger charge is 2.28. The molecule has 186 valence electrons. The number of carbonyl (C=O) groups is 1. The van der Waals surface area contributed by atoms with Crippen molar-refractivity contribution >= 4 is 17.4 Å². The first-order valence-corrected chi connectivity index (χ1v) is 11.3. The third-order valence-electron chi connectivity index (χ3n) is 5.34. The Morgan fingerprint density at radius 2 is 1.79 bits per heavy atom. The number of rotatable bonds is 9. The highest BCUT2D eigenvalue weighted by molar-refractivity contribution is 5.94. The number of hydrogen-bond acceptors (Lipinski definition) is 3. The van der Waals surface area contributed by atoms with Crippen LogP contribution in [0.15, 0.2) is 42.6 Å². The Hall–Kier alpha value is -3.10. The molecule has 0 aliphatic rings. The van der Waals surface area contributed by atoms with Crippen LogP contribution in [0.2, 0.25) is 0 Å². The highest BCUT2D eigenvalue weighted by atomic mass is 19.3. The predicted molar refractivity (Wildman–Crippen MR) is 127 cm³/mol. The molecule has 2 aromatic heterocycles. The van der Waals surface area contributed by atoms with Crippen LogP contribution < -0.4 is 11.1 Å². The lowest BCUT2D eigenvalue weighted by Gasteiger charge is -2.19. The number of nitrogens with zero attached hydrogens (tertiary/aromatic N) is 2. The van der Waals surface area contributed by atoms with Crippen LogP contribution in [0, 0.1) is 6.92 Å². The molecule has 1 amide bonds. The molecule has 0 radical (unpaired) electrons. The fourth-order valence-corrected chi connectivity index (χ4v) is 3.63. The quantitative estimate of drug-likeness (QED) is 0.329. The van der Waals surface area contributed by atoms with Crippen molar-refractivity contribution in [2.45, 2.75) is 71.8 Å². The smallest absolute Gasteiger partial charge is 0.288 e. The Balaban J connectivity index is 0.000000270. The van der Waals surface area contributed by atoms with Gasteiger partial charge in [-0.05, 0) is 49.6 Å². The maximum absolute atomic E-state index is 13.4. The highest BCUT2D eigenvalue weighted by Crippen LogP contribution is 2.28. The zero-order valence-electron chi connectivity index (χ0n) is 19.9. The number of alkyl halides is 4. The minimum absolute atomic E-state index is 0.0949. The summed E-state index contributed by atoms with van der Waals surface area (Å²) >= 11 is 0.